The van der Waals surface area contributed by atoms with Crippen LogP contribution >= 0.6 is 7.75 Å². The minimum absolute atomic E-state index is 0.0788. The second-order valence-corrected chi connectivity index (χ2v) is 12.5. The summed E-state index contributed by atoms with van der Waals surface area (Å²) in [4.78, 5) is 38.2. The molecule has 3 N–H and O–H groups in total. The Morgan fingerprint density at radius 3 is 2.29 bits per heavy atom. The van der Waals surface area contributed by atoms with Gasteiger partial charge in [0.2, 0.25) is 0 Å². The van der Waals surface area contributed by atoms with Crippen LogP contribution in [0.4, 0.5) is 8.78 Å². The van der Waals surface area contributed by atoms with E-state index in [1.165, 1.54) is 31.2 Å². The highest BCUT2D eigenvalue weighted by Gasteiger charge is 2.56. The Balaban J connectivity index is 1.52. The molecule has 1 unspecified atom stereocenters. The van der Waals surface area contributed by atoms with E-state index in [9.17, 15) is 28.4 Å². The van der Waals surface area contributed by atoms with Crippen molar-refractivity contribution in [2.75, 3.05) is 6.61 Å². The van der Waals surface area contributed by atoms with Crippen molar-refractivity contribution in [1.29, 1.82) is 0 Å². The second kappa shape index (κ2) is 14.0. The topological polar surface area (TPSA) is 158 Å². The molecular weight excluding hydrogens is 615 g/mol. The Kier molecular flexibility index (Phi) is 10.6. The van der Waals surface area contributed by atoms with Crippen molar-refractivity contribution in [2.24, 2.45) is 0 Å². The Bertz CT molecular complexity index is 1670. The summed E-state index contributed by atoms with van der Waals surface area (Å²) in [5, 5.41) is 13.2. The normalized spacial score (nSPS) is 23.6. The number of hydrogen-bond acceptors (Lipinski definition) is 9. The van der Waals surface area contributed by atoms with Gasteiger partial charge in [0.25, 0.3) is 5.56 Å². The molecule has 242 valence electrons. The molecule has 1 saturated heterocycles. The molecule has 45 heavy (non-hydrogen) atoms. The Morgan fingerprint density at radius 2 is 1.71 bits per heavy atom. The number of rotatable bonds is 12. The lowest BCUT2D eigenvalue weighted by Gasteiger charge is -2.25. The summed E-state index contributed by atoms with van der Waals surface area (Å²) in [5.74, 6) is -1.02. The van der Waals surface area contributed by atoms with Gasteiger partial charge in [0.15, 0.2) is 11.9 Å². The van der Waals surface area contributed by atoms with Crippen molar-refractivity contribution < 1.29 is 41.8 Å². The van der Waals surface area contributed by atoms with Gasteiger partial charge in [-0.05, 0) is 63.1 Å². The van der Waals surface area contributed by atoms with Gasteiger partial charge in [0.05, 0.1) is 12.7 Å². The van der Waals surface area contributed by atoms with Crippen molar-refractivity contribution >= 4 is 25.9 Å². The van der Waals surface area contributed by atoms with E-state index in [0.717, 1.165) is 34.9 Å². The summed E-state index contributed by atoms with van der Waals surface area (Å²) in [6.45, 7) is 4.97. The van der Waals surface area contributed by atoms with Crippen LogP contribution in [0.3, 0.4) is 0 Å². The maximum Gasteiger partial charge on any atom is 0.459 e. The van der Waals surface area contributed by atoms with Crippen LogP contribution in [0.5, 0.6) is 5.75 Å². The van der Waals surface area contributed by atoms with E-state index in [-0.39, 0.29) is 11.6 Å². The fourth-order valence-electron chi connectivity index (χ4n) is 4.39. The first-order valence-electron chi connectivity index (χ1n) is 14.0. The minimum atomic E-state index is -4.44. The molecule has 4 rings (SSSR count). The van der Waals surface area contributed by atoms with Gasteiger partial charge < -0.3 is 19.1 Å². The number of nitrogens with zero attached hydrogens (tertiary/aromatic N) is 1. The molecule has 0 saturated carbocycles. The lowest BCUT2D eigenvalue weighted by Crippen LogP contribution is -2.43. The first kappa shape index (κ1) is 33.9. The zero-order chi connectivity index (χ0) is 32.9. The maximum absolute atomic E-state index is 15.6. The molecule has 2 aromatic carbocycles. The van der Waals surface area contributed by atoms with Gasteiger partial charge in [0.1, 0.15) is 29.8 Å². The Hall–Kier alpha value is -3.94. The number of aliphatic hydroxyl groups excluding tert-OH is 1. The van der Waals surface area contributed by atoms with Crippen LogP contribution < -0.4 is 20.9 Å². The summed E-state index contributed by atoms with van der Waals surface area (Å²) in [6, 6.07) is 12.0. The molecule has 1 aliphatic heterocycles. The third-order valence-corrected chi connectivity index (χ3v) is 8.37. The number of nitrogens with one attached hydrogen (secondary N) is 2. The molecule has 0 bridgehead atoms. The van der Waals surface area contributed by atoms with Crippen molar-refractivity contribution in [2.45, 2.75) is 63.9 Å². The number of carbonyl (C=O) groups excluding carboxylic acids is 1. The van der Waals surface area contributed by atoms with E-state index >= 15 is 4.39 Å². The first-order chi connectivity index (χ1) is 21.2. The van der Waals surface area contributed by atoms with Crippen molar-refractivity contribution in [3.8, 4) is 5.75 Å². The van der Waals surface area contributed by atoms with Crippen LogP contribution in [0, 0.1) is 5.82 Å². The van der Waals surface area contributed by atoms with Gasteiger partial charge in [-0.1, -0.05) is 36.4 Å². The lowest BCUT2D eigenvalue weighted by atomic mass is 9.98. The fraction of sp³-hybridized carbons (Fsp3) is 0.367. The van der Waals surface area contributed by atoms with Gasteiger partial charge in [-0.3, -0.25) is 23.7 Å². The minimum Gasteiger partial charge on any atom is -0.462 e. The quantitative estimate of drug-likeness (QED) is 0.149. The zero-order valence-electron chi connectivity index (χ0n) is 24.9. The SMILES string of the molecule is CC(C)OC(=O)[C@H](C)NP(=O)(OC[C@H]1O[C@@H](n2ccc(=O)[nH]c2=O)[C@](C)(F)[C@@H]1O)Oc1ccc(C=Cc2ccc(F)cc2)cc1. The van der Waals surface area contributed by atoms with Gasteiger partial charge in [-0.15, -0.1) is 0 Å². The molecule has 0 radical (unpaired) electrons. The highest BCUT2D eigenvalue weighted by Crippen LogP contribution is 2.47. The molecular formula is C30H34F2N3O9P. The van der Waals surface area contributed by atoms with Crippen LogP contribution in [0.25, 0.3) is 12.2 Å². The molecule has 1 aliphatic rings. The van der Waals surface area contributed by atoms with E-state index < -0.39 is 67.8 Å². The Morgan fingerprint density at radius 1 is 1.11 bits per heavy atom. The average molecular weight is 650 g/mol. The lowest BCUT2D eigenvalue weighted by molar-refractivity contribution is -0.149. The number of benzene rings is 2. The maximum atomic E-state index is 15.6. The number of hydrogen-bond donors (Lipinski definition) is 3. The predicted octanol–water partition coefficient (Wildman–Crippen LogP) is 3.97. The number of esters is 1. The number of aromatic amines is 1. The first-order valence-corrected chi connectivity index (χ1v) is 15.5. The summed E-state index contributed by atoms with van der Waals surface area (Å²) in [7, 11) is -4.44. The molecule has 3 aromatic rings. The van der Waals surface area contributed by atoms with E-state index in [4.69, 9.17) is 18.5 Å². The van der Waals surface area contributed by atoms with E-state index in [2.05, 4.69) is 5.09 Å². The van der Waals surface area contributed by atoms with Crippen LogP contribution in [0.15, 0.2) is 70.4 Å². The van der Waals surface area contributed by atoms with Crippen LogP contribution in [-0.2, 0) is 23.4 Å². The fourth-order valence-corrected chi connectivity index (χ4v) is 5.90. The van der Waals surface area contributed by atoms with Crippen molar-refractivity contribution in [1.82, 2.24) is 14.6 Å². The molecule has 6 atom stereocenters. The second-order valence-electron chi connectivity index (χ2n) is 10.8. The Labute approximate surface area is 257 Å². The van der Waals surface area contributed by atoms with Crippen molar-refractivity contribution in [3.63, 3.8) is 0 Å². The predicted molar refractivity (Wildman–Crippen MR) is 161 cm³/mol. The van der Waals surface area contributed by atoms with Gasteiger partial charge in [-0.2, -0.15) is 5.09 Å². The molecule has 12 nitrogen and oxygen atoms in total. The van der Waals surface area contributed by atoms with Gasteiger partial charge in [-0.25, -0.2) is 18.1 Å². The number of carbonyl (C=O) groups is 1. The molecule has 0 spiro atoms. The third kappa shape index (κ3) is 8.62. The summed E-state index contributed by atoms with van der Waals surface area (Å²) in [5.41, 5.74) is -2.69. The van der Waals surface area contributed by atoms with Gasteiger partial charge in [0, 0.05) is 12.3 Å². The monoisotopic (exact) mass is 649 g/mol. The van der Waals surface area contributed by atoms with E-state index in [0.29, 0.717) is 0 Å². The average Bonchev–Trinajstić information content (AvgIpc) is 3.19. The smallest absolute Gasteiger partial charge is 0.459 e. The summed E-state index contributed by atoms with van der Waals surface area (Å²) in [6.07, 6.45) is -0.857. The molecule has 1 aromatic heterocycles. The largest absolute Gasteiger partial charge is 0.462 e. The summed E-state index contributed by atoms with van der Waals surface area (Å²) < 4.78 is 65.5. The van der Waals surface area contributed by atoms with Crippen LogP contribution in [0.2, 0.25) is 0 Å². The van der Waals surface area contributed by atoms with Crippen LogP contribution in [-0.4, -0.2) is 57.3 Å². The number of ether oxygens (including phenoxy) is 2. The van der Waals surface area contributed by atoms with E-state index in [1.807, 2.05) is 4.98 Å². The highest BCUT2D eigenvalue weighted by atomic mass is 31.2. The number of halogens is 2. The van der Waals surface area contributed by atoms with Crippen molar-refractivity contribution in [3.05, 3.63) is 98.6 Å². The standard InChI is InChI=1S/C30H34F2N3O9P/c1-18(2)42-27(38)19(3)34-45(40,44-23-13-9-21(10-14-23)6-5-20-7-11-22(31)12-8-20)41-17-24-26(37)30(4,32)28(43-24)35-16-15-25(36)33-29(35)39/h5-16,18-19,24,26,28,37H,17H2,1-4H3,(H,34,40)(H,33,36,39)/t19-,24+,26+,28+,30+,45?/m0/s1. The molecule has 15 heteroatoms. The summed E-state index contributed by atoms with van der Waals surface area (Å²) >= 11 is 0. The van der Waals surface area contributed by atoms with Crippen LogP contribution in [0.1, 0.15) is 45.0 Å². The molecule has 0 aliphatic carbocycles. The number of H-pyrrole nitrogens is 1. The van der Waals surface area contributed by atoms with Gasteiger partial charge >= 0.3 is 19.4 Å². The number of aliphatic hydroxyl groups is 1. The molecule has 2 heterocycles. The zero-order valence-corrected chi connectivity index (χ0v) is 25.8. The third-order valence-electron chi connectivity index (χ3n) is 6.73. The molecule has 0 amide bonds. The number of aromatic nitrogens is 2. The highest BCUT2D eigenvalue weighted by molar-refractivity contribution is 7.52. The number of alkyl halides is 1. The van der Waals surface area contributed by atoms with E-state index in [1.54, 1.807) is 50.3 Å². The molecule has 1 fully saturated rings.